The Hall–Kier alpha value is -2.04. The molecular weight excluding hydrogens is 224 g/mol. The smallest absolute Gasteiger partial charge is 0.347 e. The molecule has 0 radical (unpaired) electrons. The average molecular weight is 238 g/mol. The number of carboxylic acids is 2. The fourth-order valence-corrected chi connectivity index (χ4v) is 1.23. The van der Waals surface area contributed by atoms with E-state index in [2.05, 4.69) is 0 Å². The molecule has 1 aromatic rings. The van der Waals surface area contributed by atoms with Crippen LogP contribution in [0.4, 0.5) is 0 Å². The second-order valence-electron chi connectivity index (χ2n) is 4.10. The molecule has 0 aliphatic heterocycles. The summed E-state index contributed by atoms with van der Waals surface area (Å²) in [4.78, 5) is 21.6. The molecular formula is C12H14O5. The summed E-state index contributed by atoms with van der Waals surface area (Å²) in [6.45, 7) is 2.82. The SMILES string of the molecule is CC(C)(Oc1ccccc1CC(=O)O)C(=O)O. The van der Waals surface area contributed by atoms with E-state index in [0.717, 1.165) is 0 Å². The van der Waals surface area contributed by atoms with Crippen LogP contribution in [-0.2, 0) is 16.0 Å². The summed E-state index contributed by atoms with van der Waals surface area (Å²) in [6.07, 6.45) is -0.203. The summed E-state index contributed by atoms with van der Waals surface area (Å²) in [5.41, 5.74) is -0.941. The van der Waals surface area contributed by atoms with E-state index < -0.39 is 17.5 Å². The number of para-hydroxylation sites is 1. The van der Waals surface area contributed by atoms with Gasteiger partial charge in [0.15, 0.2) is 5.60 Å². The zero-order valence-corrected chi connectivity index (χ0v) is 9.64. The Balaban J connectivity index is 2.98. The van der Waals surface area contributed by atoms with E-state index in [-0.39, 0.29) is 12.2 Å². The van der Waals surface area contributed by atoms with Gasteiger partial charge in [-0.05, 0) is 19.9 Å². The van der Waals surface area contributed by atoms with Gasteiger partial charge in [0.25, 0.3) is 0 Å². The zero-order valence-electron chi connectivity index (χ0n) is 9.64. The lowest BCUT2D eigenvalue weighted by molar-refractivity contribution is -0.152. The molecule has 0 aromatic heterocycles. The number of hydrogen-bond acceptors (Lipinski definition) is 3. The van der Waals surface area contributed by atoms with Gasteiger partial charge in [0.1, 0.15) is 5.75 Å². The molecule has 0 atom stereocenters. The van der Waals surface area contributed by atoms with Crippen molar-refractivity contribution in [1.82, 2.24) is 0 Å². The van der Waals surface area contributed by atoms with Crippen LogP contribution in [-0.4, -0.2) is 27.8 Å². The van der Waals surface area contributed by atoms with Gasteiger partial charge in [-0.2, -0.15) is 0 Å². The van der Waals surface area contributed by atoms with E-state index in [1.54, 1.807) is 24.3 Å². The van der Waals surface area contributed by atoms with Crippen LogP contribution >= 0.6 is 0 Å². The topological polar surface area (TPSA) is 83.8 Å². The van der Waals surface area contributed by atoms with E-state index in [1.165, 1.54) is 13.8 Å². The van der Waals surface area contributed by atoms with Gasteiger partial charge in [-0.3, -0.25) is 4.79 Å². The van der Waals surface area contributed by atoms with Gasteiger partial charge >= 0.3 is 11.9 Å². The van der Waals surface area contributed by atoms with Crippen LogP contribution in [0.2, 0.25) is 0 Å². The molecule has 0 bridgehead atoms. The summed E-state index contributed by atoms with van der Waals surface area (Å²) in [5.74, 6) is -1.82. The molecule has 0 heterocycles. The lowest BCUT2D eigenvalue weighted by atomic mass is 10.1. The van der Waals surface area contributed by atoms with E-state index >= 15 is 0 Å². The Morgan fingerprint density at radius 3 is 2.35 bits per heavy atom. The Morgan fingerprint density at radius 2 is 1.82 bits per heavy atom. The predicted molar refractivity (Wildman–Crippen MR) is 60.1 cm³/mol. The van der Waals surface area contributed by atoms with E-state index in [9.17, 15) is 9.59 Å². The van der Waals surface area contributed by atoms with Crippen LogP contribution in [0.5, 0.6) is 5.75 Å². The van der Waals surface area contributed by atoms with Crippen molar-refractivity contribution in [3.63, 3.8) is 0 Å². The Bertz CT molecular complexity index is 436. The number of aliphatic carboxylic acids is 2. The highest BCUT2D eigenvalue weighted by Crippen LogP contribution is 2.23. The maximum Gasteiger partial charge on any atom is 0.347 e. The van der Waals surface area contributed by atoms with Gasteiger partial charge in [0, 0.05) is 5.56 Å². The van der Waals surface area contributed by atoms with Gasteiger partial charge in [-0.1, -0.05) is 18.2 Å². The first-order chi connectivity index (χ1) is 7.83. The highest BCUT2D eigenvalue weighted by molar-refractivity contribution is 5.77. The molecule has 0 aliphatic carbocycles. The lowest BCUT2D eigenvalue weighted by Gasteiger charge is -2.23. The first-order valence-corrected chi connectivity index (χ1v) is 5.05. The fraction of sp³-hybridized carbons (Fsp3) is 0.333. The lowest BCUT2D eigenvalue weighted by Crippen LogP contribution is -2.38. The molecule has 92 valence electrons. The number of carboxylic acid groups (broad SMARTS) is 2. The molecule has 0 spiro atoms. The van der Waals surface area contributed by atoms with Crippen molar-refractivity contribution in [2.75, 3.05) is 0 Å². The second kappa shape index (κ2) is 4.86. The molecule has 0 fully saturated rings. The quantitative estimate of drug-likeness (QED) is 0.813. The highest BCUT2D eigenvalue weighted by atomic mass is 16.5. The summed E-state index contributed by atoms with van der Waals surface area (Å²) < 4.78 is 5.33. The van der Waals surface area contributed by atoms with Crippen LogP contribution in [0.1, 0.15) is 19.4 Å². The van der Waals surface area contributed by atoms with Crippen LogP contribution < -0.4 is 4.74 Å². The van der Waals surface area contributed by atoms with Gasteiger partial charge in [0.05, 0.1) is 6.42 Å². The van der Waals surface area contributed by atoms with Crippen molar-refractivity contribution in [2.24, 2.45) is 0 Å². The second-order valence-corrected chi connectivity index (χ2v) is 4.10. The molecule has 0 aliphatic rings. The van der Waals surface area contributed by atoms with Gasteiger partial charge in [-0.25, -0.2) is 4.79 Å². The standard InChI is InChI=1S/C12H14O5/c1-12(2,11(15)16)17-9-6-4-3-5-8(9)7-10(13)14/h3-6H,7H2,1-2H3,(H,13,14)(H,15,16). The van der Waals surface area contributed by atoms with Crippen LogP contribution in [0, 0.1) is 0 Å². The Labute approximate surface area is 98.6 Å². The molecule has 0 unspecified atom stereocenters. The first kappa shape index (κ1) is 13.0. The number of hydrogen-bond donors (Lipinski definition) is 2. The first-order valence-electron chi connectivity index (χ1n) is 5.05. The van der Waals surface area contributed by atoms with Crippen molar-refractivity contribution >= 4 is 11.9 Å². The number of rotatable bonds is 5. The molecule has 0 saturated carbocycles. The number of benzene rings is 1. The molecule has 17 heavy (non-hydrogen) atoms. The normalized spacial score (nSPS) is 10.9. The minimum atomic E-state index is -1.39. The van der Waals surface area contributed by atoms with Crippen molar-refractivity contribution < 1.29 is 24.5 Å². The highest BCUT2D eigenvalue weighted by Gasteiger charge is 2.30. The molecule has 5 nitrogen and oxygen atoms in total. The minimum absolute atomic E-state index is 0.203. The number of carbonyl (C=O) groups is 2. The largest absolute Gasteiger partial charge is 0.481 e. The summed E-state index contributed by atoms with van der Waals surface area (Å²) in [7, 11) is 0. The van der Waals surface area contributed by atoms with Crippen LogP contribution in [0.3, 0.4) is 0 Å². The maximum absolute atomic E-state index is 10.9. The van der Waals surface area contributed by atoms with Crippen LogP contribution in [0.25, 0.3) is 0 Å². The Morgan fingerprint density at radius 1 is 1.24 bits per heavy atom. The molecule has 5 heteroatoms. The van der Waals surface area contributed by atoms with Crippen molar-refractivity contribution in [2.45, 2.75) is 25.9 Å². The van der Waals surface area contributed by atoms with Crippen molar-refractivity contribution in [1.29, 1.82) is 0 Å². The van der Waals surface area contributed by atoms with Crippen LogP contribution in [0.15, 0.2) is 24.3 Å². The Kier molecular flexibility index (Phi) is 3.73. The summed E-state index contributed by atoms with van der Waals surface area (Å²) in [6, 6.07) is 6.50. The average Bonchev–Trinajstić information content (AvgIpc) is 2.19. The summed E-state index contributed by atoms with van der Waals surface area (Å²) >= 11 is 0. The van der Waals surface area contributed by atoms with Gasteiger partial charge in [0.2, 0.25) is 0 Å². The van der Waals surface area contributed by atoms with E-state index in [4.69, 9.17) is 14.9 Å². The minimum Gasteiger partial charge on any atom is -0.481 e. The fourth-order valence-electron chi connectivity index (χ4n) is 1.23. The molecule has 0 amide bonds. The van der Waals surface area contributed by atoms with Crippen molar-refractivity contribution in [3.05, 3.63) is 29.8 Å². The summed E-state index contributed by atoms with van der Waals surface area (Å²) in [5, 5.41) is 17.7. The molecule has 0 saturated heterocycles. The predicted octanol–water partition coefficient (Wildman–Crippen LogP) is 1.56. The van der Waals surface area contributed by atoms with E-state index in [0.29, 0.717) is 5.56 Å². The maximum atomic E-state index is 10.9. The zero-order chi connectivity index (χ0) is 13.1. The van der Waals surface area contributed by atoms with E-state index in [1.807, 2.05) is 0 Å². The van der Waals surface area contributed by atoms with Gasteiger partial charge < -0.3 is 14.9 Å². The van der Waals surface area contributed by atoms with Gasteiger partial charge in [-0.15, -0.1) is 0 Å². The third kappa shape index (κ3) is 3.48. The molecule has 1 rings (SSSR count). The number of ether oxygens (including phenoxy) is 1. The third-order valence-corrected chi connectivity index (χ3v) is 2.19. The van der Waals surface area contributed by atoms with Crippen molar-refractivity contribution in [3.8, 4) is 5.75 Å². The molecule has 1 aromatic carbocycles. The monoisotopic (exact) mass is 238 g/mol. The third-order valence-electron chi connectivity index (χ3n) is 2.19. The molecule has 2 N–H and O–H groups in total.